The summed E-state index contributed by atoms with van der Waals surface area (Å²) in [5.74, 6) is -0.591. The minimum atomic E-state index is -0.499. The Kier molecular flexibility index (Phi) is 6.50. The first-order valence-electron chi connectivity index (χ1n) is 9.73. The number of nitrogens with one attached hydrogen (secondary N) is 3. The number of fused-ring (bicyclic) bond motifs is 1. The molecule has 2 aliphatic rings. The Morgan fingerprint density at radius 1 is 1.24 bits per heavy atom. The number of thioether (sulfide) groups is 1. The quantitative estimate of drug-likeness (QED) is 0.665. The van der Waals surface area contributed by atoms with Gasteiger partial charge in [-0.1, -0.05) is 29.8 Å². The summed E-state index contributed by atoms with van der Waals surface area (Å²) in [6, 6.07) is 7.79. The lowest BCUT2D eigenvalue weighted by Gasteiger charge is -2.50. The first-order valence-corrected chi connectivity index (χ1v) is 10.8. The summed E-state index contributed by atoms with van der Waals surface area (Å²) in [4.78, 5) is 40.3. The maximum Gasteiger partial charge on any atom is 0.327 e. The average molecular weight is 420 g/mol. The van der Waals surface area contributed by atoms with Gasteiger partial charge in [0.2, 0.25) is 11.8 Å². The van der Waals surface area contributed by atoms with Crippen molar-refractivity contribution in [2.45, 2.75) is 44.5 Å². The fourth-order valence-electron chi connectivity index (χ4n) is 3.77. The number of rotatable bonds is 5. The molecule has 4 amide bonds. The smallest absolute Gasteiger partial charge is 0.327 e. The molecular formula is C20H29N5O3S. The lowest BCUT2D eigenvalue weighted by atomic mass is 9.95. The maximum absolute atomic E-state index is 12.9. The highest BCUT2D eigenvalue weighted by atomic mass is 32.2. The summed E-state index contributed by atoms with van der Waals surface area (Å²) in [7, 11) is 3.19. The van der Waals surface area contributed by atoms with E-state index in [4.69, 9.17) is 0 Å². The van der Waals surface area contributed by atoms with Crippen LogP contribution in [0.1, 0.15) is 31.1 Å². The van der Waals surface area contributed by atoms with Crippen LogP contribution >= 0.6 is 11.8 Å². The topological polar surface area (TPSA) is 93.8 Å². The SMILES string of the molecule is Cc1cccc(C2NC(SCC(=O)NC(C)C)C3C(=O)N(C)C(=O)N(C)C3N2)c1. The lowest BCUT2D eigenvalue weighted by molar-refractivity contribution is -0.140. The molecule has 8 nitrogen and oxygen atoms in total. The number of carbonyl (C=O) groups excluding carboxylic acids is 3. The number of carbonyl (C=O) groups is 3. The number of hydrogen-bond donors (Lipinski definition) is 3. The van der Waals surface area contributed by atoms with E-state index >= 15 is 0 Å². The first kappa shape index (κ1) is 21.6. The van der Waals surface area contributed by atoms with E-state index in [2.05, 4.69) is 22.0 Å². The maximum atomic E-state index is 12.9. The van der Waals surface area contributed by atoms with Gasteiger partial charge in [0.15, 0.2) is 0 Å². The van der Waals surface area contributed by atoms with Gasteiger partial charge in [-0.25, -0.2) is 4.79 Å². The van der Waals surface area contributed by atoms with Crippen LogP contribution < -0.4 is 16.0 Å². The number of urea groups is 1. The zero-order chi connectivity index (χ0) is 21.3. The predicted octanol–water partition coefficient (Wildman–Crippen LogP) is 1.24. The van der Waals surface area contributed by atoms with Crippen molar-refractivity contribution >= 4 is 29.6 Å². The Bertz CT molecular complexity index is 802. The van der Waals surface area contributed by atoms with E-state index in [0.29, 0.717) is 0 Å². The van der Waals surface area contributed by atoms with Crippen LogP contribution in [0.5, 0.6) is 0 Å². The van der Waals surface area contributed by atoms with Crippen molar-refractivity contribution < 1.29 is 14.4 Å². The van der Waals surface area contributed by atoms with Gasteiger partial charge in [-0.2, -0.15) is 0 Å². The molecule has 4 atom stereocenters. The van der Waals surface area contributed by atoms with Crippen LogP contribution in [0.4, 0.5) is 4.79 Å². The minimum absolute atomic E-state index is 0.0584. The highest BCUT2D eigenvalue weighted by Gasteiger charge is 2.51. The summed E-state index contributed by atoms with van der Waals surface area (Å²) in [6.45, 7) is 5.84. The molecule has 4 unspecified atom stereocenters. The Hall–Kier alpha value is -2.10. The summed E-state index contributed by atoms with van der Waals surface area (Å²) in [6.07, 6.45) is -0.697. The molecule has 2 aliphatic heterocycles. The number of aryl methyl sites for hydroxylation is 1. The van der Waals surface area contributed by atoms with Crippen LogP contribution in [0.25, 0.3) is 0 Å². The van der Waals surface area contributed by atoms with Crippen LogP contribution in [0, 0.1) is 12.8 Å². The summed E-state index contributed by atoms with van der Waals surface area (Å²) in [5.41, 5.74) is 2.14. The summed E-state index contributed by atoms with van der Waals surface area (Å²) in [5, 5.41) is 9.44. The molecule has 2 fully saturated rings. The molecule has 29 heavy (non-hydrogen) atoms. The first-order chi connectivity index (χ1) is 13.7. The Balaban J connectivity index is 1.86. The van der Waals surface area contributed by atoms with Gasteiger partial charge in [-0.05, 0) is 26.3 Å². The van der Waals surface area contributed by atoms with Crippen molar-refractivity contribution in [1.29, 1.82) is 0 Å². The van der Waals surface area contributed by atoms with Crippen LogP contribution in [-0.4, -0.2) is 65.1 Å². The molecule has 1 aromatic rings. The van der Waals surface area contributed by atoms with E-state index in [1.54, 1.807) is 11.9 Å². The van der Waals surface area contributed by atoms with Gasteiger partial charge in [0.25, 0.3) is 0 Å². The standard InChI is InChI=1S/C20H29N5O3S/c1-11(2)21-14(26)10-29-18-15-17(24(4)20(28)25(5)19(15)27)22-16(23-18)13-8-6-7-12(3)9-13/h6-9,11,15-18,22-23H,10H2,1-5H3,(H,21,26). The van der Waals surface area contributed by atoms with Crippen molar-refractivity contribution in [3.63, 3.8) is 0 Å². The number of hydrogen-bond acceptors (Lipinski definition) is 6. The van der Waals surface area contributed by atoms with Crippen molar-refractivity contribution in [2.75, 3.05) is 19.8 Å². The molecule has 0 aromatic heterocycles. The minimum Gasteiger partial charge on any atom is -0.353 e. The van der Waals surface area contributed by atoms with Crippen LogP contribution in [-0.2, 0) is 9.59 Å². The van der Waals surface area contributed by atoms with E-state index in [9.17, 15) is 14.4 Å². The molecule has 2 heterocycles. The highest BCUT2D eigenvalue weighted by Crippen LogP contribution is 2.34. The Labute approximate surface area is 175 Å². The van der Waals surface area contributed by atoms with Gasteiger partial charge in [0.1, 0.15) is 0 Å². The van der Waals surface area contributed by atoms with Gasteiger partial charge in [0.05, 0.1) is 29.4 Å². The fraction of sp³-hybridized carbons (Fsp3) is 0.550. The predicted molar refractivity (Wildman–Crippen MR) is 113 cm³/mol. The number of benzene rings is 1. The summed E-state index contributed by atoms with van der Waals surface area (Å²) >= 11 is 1.40. The molecule has 2 saturated heterocycles. The second-order valence-corrected chi connectivity index (χ2v) is 9.03. The third-order valence-corrected chi connectivity index (χ3v) is 6.39. The zero-order valence-electron chi connectivity index (χ0n) is 17.4. The van der Waals surface area contributed by atoms with Gasteiger partial charge in [0, 0.05) is 20.1 Å². The normalized spacial score (nSPS) is 27.2. The highest BCUT2D eigenvalue weighted by molar-refractivity contribution is 8.00. The third-order valence-electron chi connectivity index (χ3n) is 5.18. The number of imide groups is 1. The molecule has 0 saturated carbocycles. The van der Waals surface area contributed by atoms with E-state index in [-0.39, 0.29) is 41.2 Å². The van der Waals surface area contributed by atoms with Crippen molar-refractivity contribution in [3.8, 4) is 0 Å². The van der Waals surface area contributed by atoms with Crippen LogP contribution in [0.15, 0.2) is 24.3 Å². The monoisotopic (exact) mass is 419 g/mol. The third kappa shape index (κ3) is 4.57. The second kappa shape index (κ2) is 8.73. The van der Waals surface area contributed by atoms with E-state index in [1.165, 1.54) is 18.8 Å². The van der Waals surface area contributed by atoms with Gasteiger partial charge in [-0.3, -0.25) is 25.1 Å². The molecule has 158 valence electrons. The van der Waals surface area contributed by atoms with Gasteiger partial charge < -0.3 is 10.2 Å². The fourth-order valence-corrected chi connectivity index (χ4v) is 4.89. The van der Waals surface area contributed by atoms with E-state index in [1.807, 2.05) is 39.0 Å². The van der Waals surface area contributed by atoms with Crippen LogP contribution in [0.2, 0.25) is 0 Å². The van der Waals surface area contributed by atoms with E-state index in [0.717, 1.165) is 16.0 Å². The molecule has 1 aromatic carbocycles. The van der Waals surface area contributed by atoms with Crippen molar-refractivity contribution in [1.82, 2.24) is 25.8 Å². The Morgan fingerprint density at radius 2 is 1.97 bits per heavy atom. The number of amides is 4. The molecular weight excluding hydrogens is 390 g/mol. The molecule has 3 rings (SSSR count). The largest absolute Gasteiger partial charge is 0.353 e. The average Bonchev–Trinajstić information content (AvgIpc) is 2.67. The molecule has 9 heteroatoms. The lowest BCUT2D eigenvalue weighted by Crippen LogP contribution is -2.72. The Morgan fingerprint density at radius 3 is 2.62 bits per heavy atom. The van der Waals surface area contributed by atoms with Crippen molar-refractivity contribution in [2.24, 2.45) is 5.92 Å². The second-order valence-electron chi connectivity index (χ2n) is 7.90. The zero-order valence-corrected chi connectivity index (χ0v) is 18.2. The molecule has 0 bridgehead atoms. The molecule has 0 spiro atoms. The van der Waals surface area contributed by atoms with Crippen LogP contribution in [0.3, 0.4) is 0 Å². The van der Waals surface area contributed by atoms with E-state index < -0.39 is 12.1 Å². The van der Waals surface area contributed by atoms with Crippen molar-refractivity contribution in [3.05, 3.63) is 35.4 Å². The summed E-state index contributed by atoms with van der Waals surface area (Å²) < 4.78 is 0. The molecule has 0 aliphatic carbocycles. The molecule has 3 N–H and O–H groups in total. The number of nitrogens with zero attached hydrogens (tertiary/aromatic N) is 2. The van der Waals surface area contributed by atoms with Gasteiger partial charge in [-0.15, -0.1) is 11.8 Å². The molecule has 0 radical (unpaired) electrons. The van der Waals surface area contributed by atoms with Gasteiger partial charge >= 0.3 is 6.03 Å².